The molecule has 0 saturated heterocycles. The molecule has 3 rings (SSSR count). The van der Waals surface area contributed by atoms with Crippen LogP contribution >= 0.6 is 0 Å². The Balaban J connectivity index is 1.92. The quantitative estimate of drug-likeness (QED) is 0.589. The Morgan fingerprint density at radius 1 is 1.15 bits per heavy atom. The van der Waals surface area contributed by atoms with E-state index in [1.165, 1.54) is 6.07 Å². The van der Waals surface area contributed by atoms with Gasteiger partial charge >= 0.3 is 0 Å². The molecule has 0 spiro atoms. The van der Waals surface area contributed by atoms with Crippen molar-refractivity contribution in [3.8, 4) is 11.5 Å². The lowest BCUT2D eigenvalue weighted by molar-refractivity contribution is 0.448. The number of rotatable bonds is 3. The van der Waals surface area contributed by atoms with E-state index in [4.69, 9.17) is 0 Å². The second-order valence-electron chi connectivity index (χ2n) is 4.79. The molecule has 20 heavy (non-hydrogen) atoms. The summed E-state index contributed by atoms with van der Waals surface area (Å²) in [5.74, 6) is 0.102. The highest BCUT2D eigenvalue weighted by atomic mass is 16.3. The first-order chi connectivity index (χ1) is 9.63. The molecule has 0 aliphatic heterocycles. The second kappa shape index (κ2) is 4.77. The van der Waals surface area contributed by atoms with Crippen molar-refractivity contribution in [3.05, 3.63) is 48.2 Å². The number of aromatic amines is 1. The van der Waals surface area contributed by atoms with Crippen LogP contribution in [0.2, 0.25) is 0 Å². The van der Waals surface area contributed by atoms with Crippen molar-refractivity contribution in [3.63, 3.8) is 0 Å². The van der Waals surface area contributed by atoms with Crippen LogP contribution in [0, 0.1) is 0 Å². The zero-order valence-electron chi connectivity index (χ0n) is 11.0. The Labute approximate surface area is 115 Å². The summed E-state index contributed by atoms with van der Waals surface area (Å²) in [5, 5.41) is 30.4. The number of nitrogens with one attached hydrogen (secondary N) is 2. The second-order valence-corrected chi connectivity index (χ2v) is 4.79. The summed E-state index contributed by atoms with van der Waals surface area (Å²) in [6, 6.07) is 10.4. The van der Waals surface area contributed by atoms with E-state index in [9.17, 15) is 10.2 Å². The summed E-state index contributed by atoms with van der Waals surface area (Å²) in [6.45, 7) is 1.97. The number of aromatic nitrogens is 2. The number of phenolic OH excluding ortho intramolecular Hbond substituents is 2. The highest BCUT2D eigenvalue weighted by Gasteiger charge is 2.10. The van der Waals surface area contributed by atoms with E-state index in [0.717, 1.165) is 22.2 Å². The highest BCUT2D eigenvalue weighted by Crippen LogP contribution is 2.29. The monoisotopic (exact) mass is 269 g/mol. The third kappa shape index (κ3) is 2.25. The van der Waals surface area contributed by atoms with Crippen molar-refractivity contribution in [1.29, 1.82) is 0 Å². The molecule has 1 aromatic heterocycles. The van der Waals surface area contributed by atoms with Gasteiger partial charge in [-0.25, -0.2) is 0 Å². The Morgan fingerprint density at radius 3 is 2.65 bits per heavy atom. The summed E-state index contributed by atoms with van der Waals surface area (Å²) in [5.41, 5.74) is 2.72. The van der Waals surface area contributed by atoms with Crippen molar-refractivity contribution in [1.82, 2.24) is 10.2 Å². The standard InChI is InChI=1S/C15H15N3O2/c1-9(10-5-11(19)7-12(20)6-10)17-14-3-2-4-15-13(14)8-16-18-15/h2-9,17,19-20H,1H3,(H,16,18). The minimum atomic E-state index is -0.0616. The largest absolute Gasteiger partial charge is 0.508 e. The number of hydrogen-bond donors (Lipinski definition) is 4. The van der Waals surface area contributed by atoms with E-state index in [0.29, 0.717) is 0 Å². The maximum Gasteiger partial charge on any atom is 0.119 e. The maximum absolute atomic E-state index is 9.54. The van der Waals surface area contributed by atoms with Gasteiger partial charge in [0, 0.05) is 23.2 Å². The summed E-state index contributed by atoms with van der Waals surface area (Å²) in [4.78, 5) is 0. The Bertz CT molecular complexity index is 731. The van der Waals surface area contributed by atoms with Gasteiger partial charge in [0.15, 0.2) is 0 Å². The van der Waals surface area contributed by atoms with Crippen LogP contribution in [-0.2, 0) is 0 Å². The summed E-state index contributed by atoms with van der Waals surface area (Å²) in [7, 11) is 0. The fraction of sp³-hybridized carbons (Fsp3) is 0.133. The lowest BCUT2D eigenvalue weighted by atomic mass is 10.1. The molecular formula is C15H15N3O2. The van der Waals surface area contributed by atoms with Crippen LogP contribution in [0.1, 0.15) is 18.5 Å². The molecule has 5 nitrogen and oxygen atoms in total. The molecule has 2 aromatic carbocycles. The van der Waals surface area contributed by atoms with Gasteiger partial charge in [-0.15, -0.1) is 0 Å². The number of nitrogens with zero attached hydrogens (tertiary/aromatic N) is 1. The first-order valence-corrected chi connectivity index (χ1v) is 6.35. The Morgan fingerprint density at radius 2 is 1.90 bits per heavy atom. The predicted molar refractivity (Wildman–Crippen MR) is 77.9 cm³/mol. The fourth-order valence-corrected chi connectivity index (χ4v) is 2.28. The van der Waals surface area contributed by atoms with Gasteiger partial charge in [0.1, 0.15) is 11.5 Å². The Kier molecular flexibility index (Phi) is 2.95. The zero-order valence-corrected chi connectivity index (χ0v) is 11.0. The molecule has 1 heterocycles. The van der Waals surface area contributed by atoms with Crippen LogP contribution < -0.4 is 5.32 Å². The molecule has 0 aliphatic carbocycles. The fourth-order valence-electron chi connectivity index (χ4n) is 2.28. The summed E-state index contributed by atoms with van der Waals surface area (Å²) >= 11 is 0. The normalized spacial score (nSPS) is 12.4. The molecule has 0 fully saturated rings. The van der Waals surface area contributed by atoms with Crippen molar-refractivity contribution >= 4 is 16.6 Å². The summed E-state index contributed by atoms with van der Waals surface area (Å²) < 4.78 is 0. The number of H-pyrrole nitrogens is 1. The number of phenols is 2. The molecule has 102 valence electrons. The highest BCUT2D eigenvalue weighted by molar-refractivity contribution is 5.90. The minimum Gasteiger partial charge on any atom is -0.508 e. The van der Waals surface area contributed by atoms with Gasteiger partial charge < -0.3 is 15.5 Å². The molecule has 0 saturated carbocycles. The van der Waals surface area contributed by atoms with Crippen LogP contribution in [0.3, 0.4) is 0 Å². The summed E-state index contributed by atoms with van der Waals surface area (Å²) in [6.07, 6.45) is 1.77. The Hall–Kier alpha value is -2.69. The van der Waals surface area contributed by atoms with Gasteiger partial charge in [-0.3, -0.25) is 5.10 Å². The van der Waals surface area contributed by atoms with Crippen LogP contribution in [0.5, 0.6) is 11.5 Å². The van der Waals surface area contributed by atoms with E-state index >= 15 is 0 Å². The van der Waals surface area contributed by atoms with Crippen LogP contribution in [0.25, 0.3) is 10.9 Å². The van der Waals surface area contributed by atoms with Crippen LogP contribution in [0.4, 0.5) is 5.69 Å². The van der Waals surface area contributed by atoms with E-state index in [2.05, 4.69) is 15.5 Å². The van der Waals surface area contributed by atoms with Gasteiger partial charge in [0.25, 0.3) is 0 Å². The van der Waals surface area contributed by atoms with E-state index < -0.39 is 0 Å². The van der Waals surface area contributed by atoms with Crippen LogP contribution in [0.15, 0.2) is 42.6 Å². The molecular weight excluding hydrogens is 254 g/mol. The topological polar surface area (TPSA) is 81.2 Å². The molecule has 3 aromatic rings. The SMILES string of the molecule is CC(Nc1cccc2[nH]ncc12)c1cc(O)cc(O)c1. The number of benzene rings is 2. The lowest BCUT2D eigenvalue weighted by Crippen LogP contribution is -2.06. The van der Waals surface area contributed by atoms with Crippen molar-refractivity contribution in [2.75, 3.05) is 5.32 Å². The van der Waals surface area contributed by atoms with Crippen molar-refractivity contribution in [2.45, 2.75) is 13.0 Å². The smallest absolute Gasteiger partial charge is 0.119 e. The minimum absolute atomic E-state index is 0.0511. The van der Waals surface area contributed by atoms with Gasteiger partial charge in [-0.1, -0.05) is 6.07 Å². The van der Waals surface area contributed by atoms with Crippen LogP contribution in [-0.4, -0.2) is 20.4 Å². The third-order valence-electron chi connectivity index (χ3n) is 3.28. The number of hydrogen-bond acceptors (Lipinski definition) is 4. The van der Waals surface area contributed by atoms with Gasteiger partial charge in [0.05, 0.1) is 11.7 Å². The van der Waals surface area contributed by atoms with E-state index in [-0.39, 0.29) is 17.5 Å². The molecule has 0 aliphatic rings. The van der Waals surface area contributed by atoms with Gasteiger partial charge in [-0.2, -0.15) is 5.10 Å². The average Bonchev–Trinajstić information content (AvgIpc) is 2.87. The van der Waals surface area contributed by atoms with E-state index in [1.54, 1.807) is 18.3 Å². The molecule has 4 N–H and O–H groups in total. The van der Waals surface area contributed by atoms with Crippen molar-refractivity contribution in [2.24, 2.45) is 0 Å². The zero-order chi connectivity index (χ0) is 14.1. The maximum atomic E-state index is 9.54. The third-order valence-corrected chi connectivity index (χ3v) is 3.28. The molecule has 5 heteroatoms. The molecule has 0 radical (unpaired) electrons. The molecule has 0 amide bonds. The average molecular weight is 269 g/mol. The first kappa shape index (κ1) is 12.3. The lowest BCUT2D eigenvalue weighted by Gasteiger charge is -2.17. The predicted octanol–water partition coefficient (Wildman–Crippen LogP) is 3.15. The first-order valence-electron chi connectivity index (χ1n) is 6.35. The molecule has 1 unspecified atom stereocenters. The van der Waals surface area contributed by atoms with E-state index in [1.807, 2.05) is 25.1 Å². The van der Waals surface area contributed by atoms with Gasteiger partial charge in [-0.05, 0) is 36.8 Å². The van der Waals surface area contributed by atoms with Crippen molar-refractivity contribution < 1.29 is 10.2 Å². The number of anilines is 1. The number of fused-ring (bicyclic) bond motifs is 1. The molecule has 1 atom stereocenters. The number of aromatic hydroxyl groups is 2. The van der Waals surface area contributed by atoms with Gasteiger partial charge in [0.2, 0.25) is 0 Å². The molecule has 0 bridgehead atoms.